The summed E-state index contributed by atoms with van der Waals surface area (Å²) in [6.07, 6.45) is -4.59. The van der Waals surface area contributed by atoms with Crippen molar-refractivity contribution in [3.63, 3.8) is 0 Å². The maximum Gasteiger partial charge on any atom is 0.411 e. The van der Waals surface area contributed by atoms with Gasteiger partial charge in [-0.05, 0) is 25.1 Å². The van der Waals surface area contributed by atoms with Crippen LogP contribution in [0.1, 0.15) is 12.5 Å². The number of hydrogen-bond acceptors (Lipinski definition) is 1. The minimum Gasteiger partial charge on any atom is -0.496 e. The Bertz CT molecular complexity index is 388. The Kier molecular flexibility index (Phi) is 3.65. The quantitative estimate of drug-likeness (QED) is 0.727. The largest absolute Gasteiger partial charge is 0.496 e. The predicted molar refractivity (Wildman–Crippen MR) is 57.3 cm³/mol. The van der Waals surface area contributed by atoms with Gasteiger partial charge in [-0.25, -0.2) is 0 Å². The van der Waals surface area contributed by atoms with Gasteiger partial charge in [-0.15, -0.1) is 11.6 Å². The van der Waals surface area contributed by atoms with Gasteiger partial charge < -0.3 is 4.74 Å². The fourth-order valence-electron chi connectivity index (χ4n) is 1.20. The van der Waals surface area contributed by atoms with Crippen molar-refractivity contribution < 1.29 is 17.9 Å². The summed E-state index contributed by atoms with van der Waals surface area (Å²) in [4.78, 5) is -2.52. The number of hydrogen-bond donors (Lipinski definition) is 0. The van der Waals surface area contributed by atoms with Gasteiger partial charge in [0.15, 0.2) is 4.87 Å². The Morgan fingerprint density at radius 1 is 1.25 bits per heavy atom. The molecule has 16 heavy (non-hydrogen) atoms. The van der Waals surface area contributed by atoms with E-state index in [0.29, 0.717) is 0 Å². The Balaban J connectivity index is 3.36. The van der Waals surface area contributed by atoms with Crippen LogP contribution in [0.5, 0.6) is 5.75 Å². The van der Waals surface area contributed by atoms with Crippen molar-refractivity contribution in [2.75, 3.05) is 7.11 Å². The summed E-state index contributed by atoms with van der Waals surface area (Å²) in [5, 5.41) is 0.173. The summed E-state index contributed by atoms with van der Waals surface area (Å²) < 4.78 is 43.0. The minimum atomic E-state index is -4.59. The zero-order valence-electron chi connectivity index (χ0n) is 8.53. The van der Waals surface area contributed by atoms with Crippen molar-refractivity contribution in [2.24, 2.45) is 0 Å². The van der Waals surface area contributed by atoms with Crippen LogP contribution in [0.2, 0.25) is 5.02 Å². The molecule has 0 aliphatic rings. The van der Waals surface area contributed by atoms with Crippen molar-refractivity contribution in [1.29, 1.82) is 0 Å². The molecule has 0 heterocycles. The van der Waals surface area contributed by atoms with Crippen LogP contribution in [-0.4, -0.2) is 13.3 Å². The highest BCUT2D eigenvalue weighted by molar-refractivity contribution is 6.31. The SMILES string of the molecule is COc1ccc(Cl)cc1[C@@](C)(Cl)C(F)(F)F. The molecule has 1 atom stereocenters. The minimum absolute atomic E-state index is 0.0548. The number of rotatable bonds is 2. The molecule has 0 aromatic heterocycles. The Labute approximate surface area is 101 Å². The molecule has 0 amide bonds. The molecular weight excluding hydrogens is 264 g/mol. The van der Waals surface area contributed by atoms with E-state index in [1.807, 2.05) is 0 Å². The standard InChI is InChI=1S/C10H9Cl2F3O/c1-9(12,10(13,14)15)7-5-6(11)3-4-8(7)16-2/h3-5H,1-2H3/t9-/m1/s1. The highest BCUT2D eigenvalue weighted by Crippen LogP contribution is 2.47. The smallest absolute Gasteiger partial charge is 0.411 e. The predicted octanol–water partition coefficient (Wildman–Crippen LogP) is 4.36. The number of alkyl halides is 4. The van der Waals surface area contributed by atoms with Crippen LogP contribution in [0.4, 0.5) is 13.2 Å². The molecule has 0 fully saturated rings. The van der Waals surface area contributed by atoms with Gasteiger partial charge in [0.2, 0.25) is 0 Å². The molecule has 6 heteroatoms. The van der Waals surface area contributed by atoms with Gasteiger partial charge in [0, 0.05) is 10.6 Å². The molecule has 1 aromatic carbocycles. The normalized spacial score (nSPS) is 15.7. The van der Waals surface area contributed by atoms with E-state index in [1.165, 1.54) is 19.2 Å². The van der Waals surface area contributed by atoms with E-state index < -0.39 is 11.1 Å². The van der Waals surface area contributed by atoms with Crippen LogP contribution in [0, 0.1) is 0 Å². The van der Waals surface area contributed by atoms with E-state index in [-0.39, 0.29) is 16.3 Å². The first kappa shape index (κ1) is 13.5. The van der Waals surface area contributed by atoms with Gasteiger partial charge in [0.1, 0.15) is 5.75 Å². The molecule has 0 saturated heterocycles. The first-order valence-electron chi connectivity index (χ1n) is 4.30. The van der Waals surface area contributed by atoms with Crippen molar-refractivity contribution in [3.05, 3.63) is 28.8 Å². The van der Waals surface area contributed by atoms with Crippen LogP contribution in [-0.2, 0) is 4.87 Å². The summed E-state index contributed by atoms with van der Waals surface area (Å²) in [5.74, 6) is 0.0548. The lowest BCUT2D eigenvalue weighted by Crippen LogP contribution is -2.34. The lowest BCUT2D eigenvalue weighted by Gasteiger charge is -2.27. The summed E-state index contributed by atoms with van der Waals surface area (Å²) >= 11 is 11.2. The summed E-state index contributed by atoms with van der Waals surface area (Å²) in [5.41, 5.74) is -0.198. The number of halogens is 5. The Morgan fingerprint density at radius 2 is 1.81 bits per heavy atom. The van der Waals surface area contributed by atoms with E-state index in [0.717, 1.165) is 13.0 Å². The number of methoxy groups -OCH3 is 1. The second kappa shape index (κ2) is 4.34. The molecule has 0 saturated carbocycles. The van der Waals surface area contributed by atoms with Crippen LogP contribution in [0.15, 0.2) is 18.2 Å². The molecule has 90 valence electrons. The third kappa shape index (κ3) is 2.38. The summed E-state index contributed by atoms with van der Waals surface area (Å²) in [7, 11) is 1.27. The van der Waals surface area contributed by atoms with Crippen molar-refractivity contribution in [3.8, 4) is 5.75 Å². The fraction of sp³-hybridized carbons (Fsp3) is 0.400. The first-order valence-corrected chi connectivity index (χ1v) is 5.05. The monoisotopic (exact) mass is 272 g/mol. The van der Waals surface area contributed by atoms with Crippen molar-refractivity contribution in [1.82, 2.24) is 0 Å². The van der Waals surface area contributed by atoms with Crippen molar-refractivity contribution in [2.45, 2.75) is 18.0 Å². The van der Waals surface area contributed by atoms with Gasteiger partial charge >= 0.3 is 6.18 Å². The lowest BCUT2D eigenvalue weighted by atomic mass is 9.98. The van der Waals surface area contributed by atoms with E-state index in [1.54, 1.807) is 0 Å². The second-order valence-corrected chi connectivity index (χ2v) is 4.54. The maximum atomic E-state index is 12.7. The number of ether oxygens (including phenoxy) is 1. The summed E-state index contributed by atoms with van der Waals surface area (Å²) in [6.45, 7) is 0.864. The van der Waals surface area contributed by atoms with Crippen LogP contribution in [0.3, 0.4) is 0 Å². The maximum absolute atomic E-state index is 12.7. The molecule has 0 bridgehead atoms. The zero-order chi connectivity index (χ0) is 12.6. The third-order valence-corrected chi connectivity index (χ3v) is 2.85. The van der Waals surface area contributed by atoms with E-state index in [9.17, 15) is 13.2 Å². The Hall–Kier alpha value is -0.610. The molecular formula is C10H9Cl2F3O. The highest BCUT2D eigenvalue weighted by Gasteiger charge is 2.52. The Morgan fingerprint density at radius 3 is 2.25 bits per heavy atom. The van der Waals surface area contributed by atoms with Crippen LogP contribution >= 0.6 is 23.2 Å². The topological polar surface area (TPSA) is 9.23 Å². The van der Waals surface area contributed by atoms with Gasteiger partial charge in [-0.3, -0.25) is 0 Å². The van der Waals surface area contributed by atoms with Gasteiger partial charge in [0.25, 0.3) is 0 Å². The van der Waals surface area contributed by atoms with E-state index >= 15 is 0 Å². The fourth-order valence-corrected chi connectivity index (χ4v) is 1.52. The van der Waals surface area contributed by atoms with E-state index in [2.05, 4.69) is 0 Å². The van der Waals surface area contributed by atoms with Crippen LogP contribution in [0.25, 0.3) is 0 Å². The summed E-state index contributed by atoms with van der Waals surface area (Å²) in [6, 6.07) is 3.94. The van der Waals surface area contributed by atoms with Crippen molar-refractivity contribution >= 4 is 23.2 Å². The van der Waals surface area contributed by atoms with Gasteiger partial charge in [0.05, 0.1) is 7.11 Å². The third-order valence-electron chi connectivity index (χ3n) is 2.20. The molecule has 0 spiro atoms. The lowest BCUT2D eigenvalue weighted by molar-refractivity contribution is -0.160. The molecule has 0 unspecified atom stereocenters. The number of benzene rings is 1. The van der Waals surface area contributed by atoms with Gasteiger partial charge in [-0.1, -0.05) is 11.6 Å². The highest BCUT2D eigenvalue weighted by atomic mass is 35.5. The molecule has 0 aliphatic carbocycles. The second-order valence-electron chi connectivity index (χ2n) is 3.35. The molecule has 1 rings (SSSR count). The zero-order valence-corrected chi connectivity index (χ0v) is 10.0. The average molecular weight is 273 g/mol. The molecule has 1 aromatic rings. The first-order chi connectivity index (χ1) is 7.20. The van der Waals surface area contributed by atoms with Gasteiger partial charge in [-0.2, -0.15) is 13.2 Å². The average Bonchev–Trinajstić information content (AvgIpc) is 2.16. The molecule has 0 aliphatic heterocycles. The van der Waals surface area contributed by atoms with Crippen LogP contribution < -0.4 is 4.74 Å². The molecule has 0 radical (unpaired) electrons. The van der Waals surface area contributed by atoms with E-state index in [4.69, 9.17) is 27.9 Å². The molecule has 0 N–H and O–H groups in total. The molecule has 1 nitrogen and oxygen atoms in total.